The second-order valence-corrected chi connectivity index (χ2v) is 7.57. The van der Waals surface area contributed by atoms with Crippen molar-refractivity contribution in [2.24, 2.45) is 5.92 Å². The molecule has 0 bridgehead atoms. The molecule has 0 aromatic heterocycles. The Morgan fingerprint density at radius 3 is 2.83 bits per heavy atom. The topological polar surface area (TPSA) is 23.6 Å². The van der Waals surface area contributed by atoms with Crippen LogP contribution in [0, 0.1) is 5.92 Å². The van der Waals surface area contributed by atoms with Crippen LogP contribution in [-0.4, -0.2) is 60.9 Å². The molecule has 1 aliphatic rings. The van der Waals surface area contributed by atoms with E-state index in [1.165, 1.54) is 24.9 Å². The summed E-state index contributed by atoms with van der Waals surface area (Å²) in [4.78, 5) is 17.1. The first-order valence-corrected chi connectivity index (χ1v) is 10.1. The minimum Gasteiger partial charge on any atom is -0.342 e. The molecule has 1 saturated heterocycles. The molecular formula is C19H30N2OS. The second-order valence-electron chi connectivity index (χ2n) is 6.59. The molecule has 4 heteroatoms. The summed E-state index contributed by atoms with van der Waals surface area (Å²) in [6.07, 6.45) is 6.19. The number of carbonyl (C=O) groups is 1. The van der Waals surface area contributed by atoms with E-state index in [-0.39, 0.29) is 0 Å². The third-order valence-electron chi connectivity index (χ3n) is 4.59. The fourth-order valence-electron chi connectivity index (χ4n) is 3.31. The van der Waals surface area contributed by atoms with Gasteiger partial charge in [-0.1, -0.05) is 30.3 Å². The molecule has 1 atom stereocenters. The van der Waals surface area contributed by atoms with Crippen LogP contribution in [-0.2, 0) is 11.2 Å². The molecule has 1 amide bonds. The summed E-state index contributed by atoms with van der Waals surface area (Å²) in [5.41, 5.74) is 1.32. The van der Waals surface area contributed by atoms with Crippen molar-refractivity contribution in [2.75, 3.05) is 45.2 Å². The Bertz CT molecular complexity index is 466. The van der Waals surface area contributed by atoms with Crippen LogP contribution in [0.15, 0.2) is 30.3 Å². The summed E-state index contributed by atoms with van der Waals surface area (Å²) in [6, 6.07) is 10.5. The highest BCUT2D eigenvalue weighted by Crippen LogP contribution is 2.17. The quantitative estimate of drug-likeness (QED) is 0.730. The highest BCUT2D eigenvalue weighted by molar-refractivity contribution is 7.98. The summed E-state index contributed by atoms with van der Waals surface area (Å²) < 4.78 is 0. The van der Waals surface area contributed by atoms with Gasteiger partial charge in [0.2, 0.25) is 5.91 Å². The zero-order valence-electron chi connectivity index (χ0n) is 14.5. The van der Waals surface area contributed by atoms with Crippen LogP contribution in [0.2, 0.25) is 0 Å². The number of thioether (sulfide) groups is 1. The second kappa shape index (κ2) is 9.99. The third kappa shape index (κ3) is 6.56. The first kappa shape index (κ1) is 18.3. The lowest BCUT2D eigenvalue weighted by molar-refractivity contribution is -0.131. The van der Waals surface area contributed by atoms with E-state index >= 15 is 0 Å². The number of rotatable bonds is 8. The Labute approximate surface area is 145 Å². The van der Waals surface area contributed by atoms with Gasteiger partial charge in [-0.2, -0.15) is 11.8 Å². The van der Waals surface area contributed by atoms with Gasteiger partial charge in [0.1, 0.15) is 0 Å². The Morgan fingerprint density at radius 2 is 2.13 bits per heavy atom. The maximum atomic E-state index is 12.6. The van der Waals surface area contributed by atoms with E-state index in [4.69, 9.17) is 0 Å². The average Bonchev–Trinajstić information content (AvgIpc) is 2.57. The van der Waals surface area contributed by atoms with E-state index in [1.54, 1.807) is 11.8 Å². The molecule has 0 saturated carbocycles. The minimum atomic E-state index is 0.323. The highest BCUT2D eigenvalue weighted by Gasteiger charge is 2.22. The van der Waals surface area contributed by atoms with Crippen LogP contribution in [0.5, 0.6) is 0 Å². The predicted molar refractivity (Wildman–Crippen MR) is 99.9 cm³/mol. The van der Waals surface area contributed by atoms with E-state index in [0.717, 1.165) is 31.8 Å². The lowest BCUT2D eigenvalue weighted by atomic mass is 9.97. The van der Waals surface area contributed by atoms with Gasteiger partial charge in [-0.3, -0.25) is 4.79 Å². The summed E-state index contributed by atoms with van der Waals surface area (Å²) in [6.45, 7) is 4.08. The van der Waals surface area contributed by atoms with Gasteiger partial charge in [0, 0.05) is 31.8 Å². The van der Waals surface area contributed by atoms with Crippen molar-refractivity contribution in [1.29, 1.82) is 0 Å². The van der Waals surface area contributed by atoms with Crippen LogP contribution >= 0.6 is 11.8 Å². The molecular weight excluding hydrogens is 304 g/mol. The molecule has 1 aliphatic heterocycles. The van der Waals surface area contributed by atoms with E-state index in [2.05, 4.69) is 47.4 Å². The Hall–Kier alpha value is -1.00. The van der Waals surface area contributed by atoms with Crippen LogP contribution < -0.4 is 0 Å². The molecule has 0 spiro atoms. The van der Waals surface area contributed by atoms with Crippen molar-refractivity contribution in [1.82, 2.24) is 9.80 Å². The number of hydrogen-bond donors (Lipinski definition) is 0. The Kier molecular flexibility index (Phi) is 7.96. The molecule has 0 unspecified atom stereocenters. The van der Waals surface area contributed by atoms with Crippen molar-refractivity contribution < 1.29 is 4.79 Å². The summed E-state index contributed by atoms with van der Waals surface area (Å²) in [5.74, 6) is 1.87. The van der Waals surface area contributed by atoms with E-state index < -0.39 is 0 Å². The van der Waals surface area contributed by atoms with Crippen LogP contribution in [0.4, 0.5) is 0 Å². The van der Waals surface area contributed by atoms with Gasteiger partial charge in [-0.25, -0.2) is 0 Å². The van der Waals surface area contributed by atoms with Crippen LogP contribution in [0.25, 0.3) is 0 Å². The standard InChI is InChI=1S/C19H30N2OS/c1-20-12-6-9-18(15-20)16-21(19(22)11-14-23-2)13-10-17-7-4-3-5-8-17/h3-5,7-8,18H,6,9-16H2,1-2H3/t18-/m1/s1. The number of benzene rings is 1. The first-order chi connectivity index (χ1) is 11.2. The fourth-order valence-corrected chi connectivity index (χ4v) is 3.69. The third-order valence-corrected chi connectivity index (χ3v) is 5.20. The first-order valence-electron chi connectivity index (χ1n) is 8.68. The normalized spacial score (nSPS) is 18.8. The van der Waals surface area contributed by atoms with Crippen molar-refractivity contribution in [3.8, 4) is 0 Å². The molecule has 0 radical (unpaired) electrons. The molecule has 128 valence electrons. The molecule has 1 heterocycles. The lowest BCUT2D eigenvalue weighted by Gasteiger charge is -2.34. The van der Waals surface area contributed by atoms with E-state index in [0.29, 0.717) is 18.2 Å². The van der Waals surface area contributed by atoms with Crippen molar-refractivity contribution >= 4 is 17.7 Å². The van der Waals surface area contributed by atoms with Gasteiger partial charge in [-0.05, 0) is 50.6 Å². The maximum absolute atomic E-state index is 12.6. The molecule has 1 fully saturated rings. The average molecular weight is 335 g/mol. The number of hydrogen-bond acceptors (Lipinski definition) is 3. The summed E-state index contributed by atoms with van der Waals surface area (Å²) in [5, 5.41) is 0. The van der Waals surface area contributed by atoms with Gasteiger partial charge in [0.15, 0.2) is 0 Å². The highest BCUT2D eigenvalue weighted by atomic mass is 32.2. The molecule has 23 heavy (non-hydrogen) atoms. The lowest BCUT2D eigenvalue weighted by Crippen LogP contribution is -2.42. The number of carbonyl (C=O) groups excluding carboxylic acids is 1. The fraction of sp³-hybridized carbons (Fsp3) is 0.632. The Morgan fingerprint density at radius 1 is 1.35 bits per heavy atom. The van der Waals surface area contributed by atoms with Gasteiger partial charge < -0.3 is 9.80 Å². The van der Waals surface area contributed by atoms with Crippen LogP contribution in [0.1, 0.15) is 24.8 Å². The SMILES string of the molecule is CSCCC(=O)N(CCc1ccccc1)C[C@@H]1CCCN(C)C1. The number of amides is 1. The number of piperidine rings is 1. The van der Waals surface area contributed by atoms with Crippen molar-refractivity contribution in [3.05, 3.63) is 35.9 Å². The molecule has 1 aromatic carbocycles. The summed E-state index contributed by atoms with van der Waals surface area (Å²) in [7, 11) is 2.19. The minimum absolute atomic E-state index is 0.323. The van der Waals surface area contributed by atoms with E-state index in [1.807, 2.05) is 6.07 Å². The van der Waals surface area contributed by atoms with Crippen molar-refractivity contribution in [2.45, 2.75) is 25.7 Å². The maximum Gasteiger partial charge on any atom is 0.223 e. The smallest absolute Gasteiger partial charge is 0.223 e. The van der Waals surface area contributed by atoms with Gasteiger partial charge in [0.25, 0.3) is 0 Å². The molecule has 2 rings (SSSR count). The molecule has 0 N–H and O–H groups in total. The van der Waals surface area contributed by atoms with Crippen LogP contribution in [0.3, 0.4) is 0 Å². The largest absolute Gasteiger partial charge is 0.342 e. The van der Waals surface area contributed by atoms with E-state index in [9.17, 15) is 4.79 Å². The zero-order chi connectivity index (χ0) is 16.5. The summed E-state index contributed by atoms with van der Waals surface area (Å²) >= 11 is 1.75. The van der Waals surface area contributed by atoms with Gasteiger partial charge >= 0.3 is 0 Å². The van der Waals surface area contributed by atoms with Crippen molar-refractivity contribution in [3.63, 3.8) is 0 Å². The van der Waals surface area contributed by atoms with Gasteiger partial charge in [-0.15, -0.1) is 0 Å². The molecule has 1 aromatic rings. The molecule has 3 nitrogen and oxygen atoms in total. The monoisotopic (exact) mass is 334 g/mol. The number of nitrogens with zero attached hydrogens (tertiary/aromatic N) is 2. The zero-order valence-corrected chi connectivity index (χ0v) is 15.4. The number of likely N-dealkylation sites (tertiary alicyclic amines) is 1. The Balaban J connectivity index is 1.91. The molecule has 0 aliphatic carbocycles. The van der Waals surface area contributed by atoms with Gasteiger partial charge in [0.05, 0.1) is 0 Å². The predicted octanol–water partition coefficient (Wildman–Crippen LogP) is 3.15.